The number of anilines is 1. The number of aryl methyl sites for hydroxylation is 1. The number of carbonyl (C=O) groups is 1. The Labute approximate surface area is 151 Å². The van der Waals surface area contributed by atoms with Crippen LogP contribution in [0.5, 0.6) is 0 Å². The Balaban J connectivity index is 1.96. The predicted octanol–water partition coefficient (Wildman–Crippen LogP) is 2.49. The smallest absolute Gasteiger partial charge is 0.281 e. The Morgan fingerprint density at radius 3 is 2.56 bits per heavy atom. The van der Waals surface area contributed by atoms with Gasteiger partial charge in [-0.25, -0.2) is 0 Å². The van der Waals surface area contributed by atoms with Gasteiger partial charge in [0.15, 0.2) is 0 Å². The van der Waals surface area contributed by atoms with Crippen molar-refractivity contribution in [2.75, 3.05) is 32.5 Å². The summed E-state index contributed by atoms with van der Waals surface area (Å²) in [5, 5.41) is 2.92. The van der Waals surface area contributed by atoms with Crippen LogP contribution in [-0.4, -0.2) is 50.1 Å². The van der Waals surface area contributed by atoms with Crippen molar-refractivity contribution in [2.24, 2.45) is 5.92 Å². The summed E-state index contributed by atoms with van der Waals surface area (Å²) in [5.74, 6) is -0.428. The molecule has 7 heteroatoms. The summed E-state index contributed by atoms with van der Waals surface area (Å²) in [6.45, 7) is 2.87. The number of hydrogen-bond donors (Lipinski definition) is 1. The number of piperidine rings is 1. The van der Waals surface area contributed by atoms with Crippen LogP contribution in [0.3, 0.4) is 0 Å². The number of hydrogen-bond acceptors (Lipinski definition) is 3. The highest BCUT2D eigenvalue weighted by atomic mass is 32.2. The largest absolute Gasteiger partial charge is 0.326 e. The highest BCUT2D eigenvalue weighted by molar-refractivity contribution is 7.86. The molecule has 25 heavy (non-hydrogen) atoms. The summed E-state index contributed by atoms with van der Waals surface area (Å²) in [6, 6.07) is 7.91. The Kier molecular flexibility index (Phi) is 6.98. The highest BCUT2D eigenvalue weighted by Gasteiger charge is 2.33. The third-order valence-corrected chi connectivity index (χ3v) is 6.49. The molecule has 0 aromatic heterocycles. The maximum absolute atomic E-state index is 12.5. The van der Waals surface area contributed by atoms with Crippen molar-refractivity contribution < 1.29 is 13.2 Å². The second-order valence-corrected chi connectivity index (χ2v) is 8.92. The maximum Gasteiger partial charge on any atom is 0.281 e. The van der Waals surface area contributed by atoms with E-state index in [9.17, 15) is 13.2 Å². The lowest BCUT2D eigenvalue weighted by molar-refractivity contribution is -0.120. The van der Waals surface area contributed by atoms with Crippen molar-refractivity contribution in [3.05, 3.63) is 29.8 Å². The topological polar surface area (TPSA) is 69.7 Å². The van der Waals surface area contributed by atoms with E-state index in [0.29, 0.717) is 19.4 Å². The molecule has 0 spiro atoms. The van der Waals surface area contributed by atoms with Crippen LogP contribution < -0.4 is 5.32 Å². The van der Waals surface area contributed by atoms with E-state index in [4.69, 9.17) is 0 Å². The fraction of sp³-hybridized carbons (Fsp3) is 0.611. The lowest BCUT2D eigenvalue weighted by atomic mass is 9.98. The van der Waals surface area contributed by atoms with Gasteiger partial charge in [0.1, 0.15) is 0 Å². The molecule has 140 valence electrons. The molecule has 1 amide bonds. The molecule has 0 bridgehead atoms. The van der Waals surface area contributed by atoms with Crippen LogP contribution in [-0.2, 0) is 21.4 Å². The van der Waals surface area contributed by atoms with Crippen LogP contribution in [0, 0.1) is 5.92 Å². The third-order valence-electron chi connectivity index (χ3n) is 4.58. The summed E-state index contributed by atoms with van der Waals surface area (Å²) < 4.78 is 27.1. The number of carbonyl (C=O) groups excluding carboxylic acids is 1. The minimum Gasteiger partial charge on any atom is -0.326 e. The molecule has 1 heterocycles. The van der Waals surface area contributed by atoms with Crippen LogP contribution in [0.4, 0.5) is 5.69 Å². The molecule has 1 aliphatic rings. The lowest BCUT2D eigenvalue weighted by Gasteiger charge is -2.32. The van der Waals surface area contributed by atoms with Gasteiger partial charge in [-0.2, -0.15) is 17.0 Å². The summed E-state index contributed by atoms with van der Waals surface area (Å²) in [4.78, 5) is 12.5. The minimum absolute atomic E-state index is 0.111. The first-order valence-electron chi connectivity index (χ1n) is 8.92. The van der Waals surface area contributed by atoms with Crippen LogP contribution in [0.2, 0.25) is 0 Å². The van der Waals surface area contributed by atoms with Gasteiger partial charge < -0.3 is 5.32 Å². The molecule has 6 nitrogen and oxygen atoms in total. The zero-order valence-electron chi connectivity index (χ0n) is 15.4. The quantitative estimate of drug-likeness (QED) is 0.805. The van der Waals surface area contributed by atoms with Gasteiger partial charge in [-0.3, -0.25) is 4.79 Å². The lowest BCUT2D eigenvalue weighted by Crippen LogP contribution is -2.47. The van der Waals surface area contributed by atoms with Gasteiger partial charge in [0.25, 0.3) is 10.2 Å². The molecule has 1 aromatic rings. The Bertz CT molecular complexity index is 671. The molecular formula is C18H29N3O3S. The molecule has 2 rings (SSSR count). The second kappa shape index (κ2) is 8.78. The number of rotatable bonds is 7. The highest BCUT2D eigenvalue weighted by Crippen LogP contribution is 2.22. The summed E-state index contributed by atoms with van der Waals surface area (Å²) in [5.41, 5.74) is 2.03. The van der Waals surface area contributed by atoms with Crippen LogP contribution >= 0.6 is 0 Å². The van der Waals surface area contributed by atoms with Crippen molar-refractivity contribution in [2.45, 2.75) is 39.0 Å². The van der Waals surface area contributed by atoms with E-state index in [2.05, 4.69) is 12.2 Å². The Hall–Kier alpha value is -1.44. The summed E-state index contributed by atoms with van der Waals surface area (Å²) in [6.07, 6.45) is 4.77. The Morgan fingerprint density at radius 2 is 1.96 bits per heavy atom. The van der Waals surface area contributed by atoms with Crippen molar-refractivity contribution in [1.29, 1.82) is 0 Å². The molecule has 1 saturated heterocycles. The molecule has 0 radical (unpaired) electrons. The van der Waals surface area contributed by atoms with Gasteiger partial charge in [0.2, 0.25) is 5.91 Å². The Morgan fingerprint density at radius 1 is 1.28 bits per heavy atom. The molecule has 1 fully saturated rings. The standard InChI is InChI=1S/C18H29N3O3S/c1-4-5-7-15-9-11-17(12-10-15)19-18(22)16-8-6-13-21(14-16)25(23,24)20(2)3/h9-12,16H,4-8,13-14H2,1-3H3,(H,19,22). The minimum atomic E-state index is -3.47. The van der Waals surface area contributed by atoms with E-state index >= 15 is 0 Å². The van der Waals surface area contributed by atoms with Gasteiger partial charge in [0.05, 0.1) is 5.92 Å². The van der Waals surface area contributed by atoms with Gasteiger partial charge in [-0.15, -0.1) is 0 Å². The number of nitrogens with zero attached hydrogens (tertiary/aromatic N) is 2. The molecule has 1 aliphatic heterocycles. The molecule has 0 saturated carbocycles. The van der Waals surface area contributed by atoms with Crippen molar-refractivity contribution in [3.63, 3.8) is 0 Å². The fourth-order valence-electron chi connectivity index (χ4n) is 2.98. The first kappa shape index (κ1) is 19.9. The fourth-order valence-corrected chi connectivity index (χ4v) is 4.17. The first-order valence-corrected chi connectivity index (χ1v) is 10.3. The van der Waals surface area contributed by atoms with Crippen molar-refractivity contribution in [1.82, 2.24) is 8.61 Å². The van der Waals surface area contributed by atoms with Crippen LogP contribution in [0.1, 0.15) is 38.2 Å². The van der Waals surface area contributed by atoms with Gasteiger partial charge in [0, 0.05) is 32.9 Å². The predicted molar refractivity (Wildman–Crippen MR) is 101 cm³/mol. The molecule has 0 aliphatic carbocycles. The van der Waals surface area contributed by atoms with E-state index in [1.165, 1.54) is 28.3 Å². The van der Waals surface area contributed by atoms with E-state index in [-0.39, 0.29) is 18.4 Å². The first-order chi connectivity index (χ1) is 11.8. The number of nitrogens with one attached hydrogen (secondary N) is 1. The monoisotopic (exact) mass is 367 g/mol. The van der Waals surface area contributed by atoms with E-state index in [1.807, 2.05) is 24.3 Å². The zero-order valence-corrected chi connectivity index (χ0v) is 16.2. The maximum atomic E-state index is 12.5. The average Bonchev–Trinajstić information content (AvgIpc) is 2.61. The normalized spacial score (nSPS) is 19.1. The van der Waals surface area contributed by atoms with Crippen LogP contribution in [0.25, 0.3) is 0 Å². The number of benzene rings is 1. The van der Waals surface area contributed by atoms with Crippen molar-refractivity contribution >= 4 is 21.8 Å². The summed E-state index contributed by atoms with van der Waals surface area (Å²) in [7, 11) is -0.441. The molecule has 1 unspecified atom stereocenters. The number of amides is 1. The number of unbranched alkanes of at least 4 members (excludes halogenated alkanes) is 1. The van der Waals surface area contributed by atoms with Crippen molar-refractivity contribution in [3.8, 4) is 0 Å². The molecule has 1 aromatic carbocycles. The third kappa shape index (κ3) is 5.26. The average molecular weight is 368 g/mol. The molecule has 1 N–H and O–H groups in total. The molecule has 1 atom stereocenters. The van der Waals surface area contributed by atoms with Gasteiger partial charge in [-0.05, 0) is 43.4 Å². The van der Waals surface area contributed by atoms with E-state index in [1.54, 1.807) is 0 Å². The SMILES string of the molecule is CCCCc1ccc(NC(=O)C2CCCN(S(=O)(=O)N(C)C)C2)cc1. The van der Waals surface area contributed by atoms with Crippen LogP contribution in [0.15, 0.2) is 24.3 Å². The molecular weight excluding hydrogens is 338 g/mol. The van der Waals surface area contributed by atoms with Gasteiger partial charge in [-0.1, -0.05) is 25.5 Å². The second-order valence-electron chi connectivity index (χ2n) is 6.78. The van der Waals surface area contributed by atoms with E-state index < -0.39 is 10.2 Å². The van der Waals surface area contributed by atoms with E-state index in [0.717, 1.165) is 24.9 Å². The van der Waals surface area contributed by atoms with Gasteiger partial charge >= 0.3 is 0 Å². The summed E-state index contributed by atoms with van der Waals surface area (Å²) >= 11 is 0. The zero-order chi connectivity index (χ0) is 18.4.